The third-order valence-corrected chi connectivity index (χ3v) is 2.60. The van der Waals surface area contributed by atoms with Crippen LogP contribution in [0.3, 0.4) is 0 Å². The molecule has 0 saturated carbocycles. The second-order valence-corrected chi connectivity index (χ2v) is 3.95. The molecule has 0 aliphatic rings. The lowest BCUT2D eigenvalue weighted by Gasteiger charge is -2.12. The van der Waals surface area contributed by atoms with Gasteiger partial charge in [-0.05, 0) is 12.1 Å². The van der Waals surface area contributed by atoms with Gasteiger partial charge in [0.15, 0.2) is 5.76 Å². The van der Waals surface area contributed by atoms with Gasteiger partial charge in [-0.25, -0.2) is 4.79 Å². The molecule has 0 aliphatic carbocycles. The van der Waals surface area contributed by atoms with Crippen molar-refractivity contribution in [3.8, 4) is 5.75 Å². The van der Waals surface area contributed by atoms with E-state index in [0.29, 0.717) is 11.3 Å². The zero-order valence-corrected chi connectivity index (χ0v) is 10.9. The van der Waals surface area contributed by atoms with Gasteiger partial charge in [0.25, 0.3) is 5.76 Å². The summed E-state index contributed by atoms with van der Waals surface area (Å²) in [7, 11) is 1.42. The van der Waals surface area contributed by atoms with Gasteiger partial charge in [-0.1, -0.05) is 48.5 Å². The van der Waals surface area contributed by atoms with E-state index in [-0.39, 0.29) is 11.5 Å². The van der Waals surface area contributed by atoms with Crippen molar-refractivity contribution in [3.63, 3.8) is 0 Å². The Morgan fingerprint density at radius 1 is 0.950 bits per heavy atom. The fourth-order valence-electron chi connectivity index (χ4n) is 1.72. The van der Waals surface area contributed by atoms with E-state index < -0.39 is 5.97 Å². The monoisotopic (exact) mass is 270 g/mol. The van der Waals surface area contributed by atoms with Crippen LogP contribution in [0.4, 0.5) is 0 Å². The summed E-state index contributed by atoms with van der Waals surface area (Å²) < 4.78 is 10.6. The van der Waals surface area contributed by atoms with E-state index in [2.05, 4.69) is 0 Å². The van der Waals surface area contributed by atoms with Gasteiger partial charge in [0.2, 0.25) is 0 Å². The minimum atomic E-state index is -1.19. The van der Waals surface area contributed by atoms with Crippen molar-refractivity contribution in [1.82, 2.24) is 0 Å². The van der Waals surface area contributed by atoms with Gasteiger partial charge in [0.1, 0.15) is 5.75 Å². The number of carboxylic acid groups (broad SMARTS) is 1. The molecule has 0 amide bonds. The molecule has 0 spiro atoms. The van der Waals surface area contributed by atoms with Crippen LogP contribution in [0.1, 0.15) is 5.56 Å². The van der Waals surface area contributed by atoms with Gasteiger partial charge in [-0.15, -0.1) is 0 Å². The predicted molar refractivity (Wildman–Crippen MR) is 75.1 cm³/mol. The highest BCUT2D eigenvalue weighted by atomic mass is 16.5. The van der Waals surface area contributed by atoms with Gasteiger partial charge in [-0.2, -0.15) is 0 Å². The summed E-state index contributed by atoms with van der Waals surface area (Å²) in [4.78, 5) is 11.4. The fraction of sp³-hybridized carbons (Fsp3) is 0.0625. The van der Waals surface area contributed by atoms with Crippen LogP contribution in [0.25, 0.3) is 5.76 Å². The van der Waals surface area contributed by atoms with Gasteiger partial charge in [0, 0.05) is 5.56 Å². The highest BCUT2D eigenvalue weighted by molar-refractivity contribution is 5.93. The van der Waals surface area contributed by atoms with Crippen molar-refractivity contribution >= 4 is 11.7 Å². The van der Waals surface area contributed by atoms with Crippen LogP contribution in [0.2, 0.25) is 0 Å². The Morgan fingerprint density at radius 2 is 1.50 bits per heavy atom. The first-order chi connectivity index (χ1) is 9.72. The molecule has 4 heteroatoms. The zero-order valence-electron chi connectivity index (χ0n) is 10.9. The van der Waals surface area contributed by atoms with E-state index in [1.54, 1.807) is 48.5 Å². The third-order valence-electron chi connectivity index (χ3n) is 2.60. The number of hydrogen-bond donors (Lipinski definition) is 1. The van der Waals surface area contributed by atoms with Gasteiger partial charge in [-0.3, -0.25) is 0 Å². The maximum atomic E-state index is 11.4. The minimum Gasteiger partial charge on any atom is -0.492 e. The normalized spacial score (nSPS) is 11.4. The van der Waals surface area contributed by atoms with Gasteiger partial charge >= 0.3 is 5.97 Å². The molecule has 0 atom stereocenters. The molecular weight excluding hydrogens is 256 g/mol. The molecule has 2 aromatic rings. The molecule has 2 aromatic carbocycles. The van der Waals surface area contributed by atoms with E-state index in [1.165, 1.54) is 7.11 Å². The molecule has 0 radical (unpaired) electrons. The molecule has 0 heterocycles. The second-order valence-electron chi connectivity index (χ2n) is 3.95. The Kier molecular flexibility index (Phi) is 4.39. The summed E-state index contributed by atoms with van der Waals surface area (Å²) in [6, 6.07) is 17.7. The number of rotatable bonds is 5. The van der Waals surface area contributed by atoms with Gasteiger partial charge < -0.3 is 14.6 Å². The standard InChI is InChI=1S/C16H14O4/c1-19-14(12-8-4-2-5-9-12)15(16(17)18)20-13-10-6-3-7-11-13/h2-11H,1H3,(H,17,18). The van der Waals surface area contributed by atoms with E-state index in [9.17, 15) is 9.90 Å². The molecular formula is C16H14O4. The summed E-state index contributed by atoms with van der Waals surface area (Å²) in [5.41, 5.74) is 0.642. The van der Waals surface area contributed by atoms with Crippen LogP contribution < -0.4 is 4.74 Å². The van der Waals surface area contributed by atoms with E-state index in [4.69, 9.17) is 9.47 Å². The minimum absolute atomic E-state index is 0.182. The average Bonchev–Trinajstić information content (AvgIpc) is 2.49. The first-order valence-electron chi connectivity index (χ1n) is 6.02. The molecule has 0 aromatic heterocycles. The Labute approximate surface area is 116 Å². The SMILES string of the molecule is COC(=C(Oc1ccccc1)C(=O)O)c1ccccc1. The molecule has 0 bridgehead atoms. The summed E-state index contributed by atoms with van der Waals surface area (Å²) in [6.45, 7) is 0. The predicted octanol–water partition coefficient (Wildman–Crippen LogP) is 3.17. The van der Waals surface area contributed by atoms with Crippen molar-refractivity contribution in [2.75, 3.05) is 7.11 Å². The molecule has 20 heavy (non-hydrogen) atoms. The van der Waals surface area contributed by atoms with E-state index in [1.807, 2.05) is 12.1 Å². The largest absolute Gasteiger partial charge is 0.492 e. The first-order valence-corrected chi connectivity index (χ1v) is 6.02. The lowest BCUT2D eigenvalue weighted by atomic mass is 10.1. The Balaban J connectivity index is 2.44. The summed E-state index contributed by atoms with van der Waals surface area (Å²) in [5.74, 6) is -0.809. The number of aliphatic carboxylic acids is 1. The summed E-state index contributed by atoms with van der Waals surface area (Å²) in [6.07, 6.45) is 0. The highest BCUT2D eigenvalue weighted by Crippen LogP contribution is 2.23. The lowest BCUT2D eigenvalue weighted by Crippen LogP contribution is -2.12. The molecule has 0 fully saturated rings. The van der Waals surface area contributed by atoms with Crippen LogP contribution in [-0.4, -0.2) is 18.2 Å². The van der Waals surface area contributed by atoms with Crippen LogP contribution in [0.5, 0.6) is 5.75 Å². The highest BCUT2D eigenvalue weighted by Gasteiger charge is 2.19. The number of carbonyl (C=O) groups is 1. The zero-order chi connectivity index (χ0) is 14.4. The van der Waals surface area contributed by atoms with Crippen molar-refractivity contribution < 1.29 is 19.4 Å². The summed E-state index contributed by atoms with van der Waals surface area (Å²) in [5, 5.41) is 9.33. The molecule has 102 valence electrons. The number of methoxy groups -OCH3 is 1. The number of ether oxygens (including phenoxy) is 2. The second kappa shape index (κ2) is 6.43. The molecule has 2 rings (SSSR count). The molecule has 0 aliphatic heterocycles. The van der Waals surface area contributed by atoms with E-state index >= 15 is 0 Å². The summed E-state index contributed by atoms with van der Waals surface area (Å²) >= 11 is 0. The fourth-order valence-corrected chi connectivity index (χ4v) is 1.72. The van der Waals surface area contributed by atoms with Crippen LogP contribution in [0, 0.1) is 0 Å². The number of benzene rings is 2. The molecule has 0 unspecified atom stereocenters. The lowest BCUT2D eigenvalue weighted by molar-refractivity contribution is -0.135. The number of para-hydroxylation sites is 1. The Hall–Kier alpha value is -2.75. The topological polar surface area (TPSA) is 55.8 Å². The smallest absolute Gasteiger partial charge is 0.375 e. The Morgan fingerprint density at radius 3 is 2.00 bits per heavy atom. The molecule has 0 saturated heterocycles. The quantitative estimate of drug-likeness (QED) is 0.669. The van der Waals surface area contributed by atoms with Crippen molar-refractivity contribution in [3.05, 3.63) is 72.0 Å². The van der Waals surface area contributed by atoms with Crippen LogP contribution in [-0.2, 0) is 9.53 Å². The van der Waals surface area contributed by atoms with Crippen LogP contribution in [0.15, 0.2) is 66.4 Å². The number of carboxylic acids is 1. The maximum absolute atomic E-state index is 11.4. The maximum Gasteiger partial charge on any atom is 0.375 e. The third kappa shape index (κ3) is 3.17. The molecule has 1 N–H and O–H groups in total. The van der Waals surface area contributed by atoms with Crippen molar-refractivity contribution in [2.45, 2.75) is 0 Å². The Bertz CT molecular complexity index is 603. The molecule has 4 nitrogen and oxygen atoms in total. The van der Waals surface area contributed by atoms with Crippen molar-refractivity contribution in [1.29, 1.82) is 0 Å². The van der Waals surface area contributed by atoms with E-state index in [0.717, 1.165) is 0 Å². The first kappa shape index (κ1) is 13.7. The van der Waals surface area contributed by atoms with Gasteiger partial charge in [0.05, 0.1) is 7.11 Å². The number of hydrogen-bond acceptors (Lipinski definition) is 3. The average molecular weight is 270 g/mol. The van der Waals surface area contributed by atoms with Crippen LogP contribution >= 0.6 is 0 Å². The van der Waals surface area contributed by atoms with Crippen molar-refractivity contribution in [2.24, 2.45) is 0 Å².